The average molecular weight is 481 g/mol. The second-order valence-corrected chi connectivity index (χ2v) is 9.60. The van der Waals surface area contributed by atoms with Gasteiger partial charge in [-0.1, -0.05) is 31.8 Å². The zero-order chi connectivity index (χ0) is 25.0. The number of hydrogen-bond acceptors (Lipinski definition) is 6. The van der Waals surface area contributed by atoms with E-state index in [0.717, 1.165) is 49.7 Å². The van der Waals surface area contributed by atoms with Gasteiger partial charge in [-0.05, 0) is 80.3 Å². The minimum atomic E-state index is -0.634. The first-order valence-electron chi connectivity index (χ1n) is 13.0. The summed E-state index contributed by atoms with van der Waals surface area (Å²) in [4.78, 5) is 4.00. The van der Waals surface area contributed by atoms with Crippen molar-refractivity contribution >= 4 is 5.82 Å². The molecule has 0 bridgehead atoms. The van der Waals surface area contributed by atoms with Crippen molar-refractivity contribution in [3.05, 3.63) is 47.7 Å². The van der Waals surface area contributed by atoms with Gasteiger partial charge in [0.25, 0.3) is 0 Å². The molecule has 1 aliphatic carbocycles. The number of aromatic nitrogens is 1. The summed E-state index contributed by atoms with van der Waals surface area (Å²) in [5, 5.41) is 31.8. The molecule has 1 aromatic carbocycles. The van der Waals surface area contributed by atoms with Gasteiger partial charge in [-0.15, -0.1) is 5.92 Å². The van der Waals surface area contributed by atoms with Crippen molar-refractivity contribution in [1.29, 1.82) is 0 Å². The number of aryl methyl sites for hydroxylation is 2. The number of aliphatic hydroxyl groups is 2. The van der Waals surface area contributed by atoms with E-state index >= 15 is 0 Å². The minimum Gasteiger partial charge on any atom is -0.504 e. The van der Waals surface area contributed by atoms with Crippen molar-refractivity contribution in [3.63, 3.8) is 0 Å². The van der Waals surface area contributed by atoms with E-state index in [9.17, 15) is 15.3 Å². The molecule has 0 fully saturated rings. The molecule has 2 aromatic rings. The molecule has 0 spiro atoms. The van der Waals surface area contributed by atoms with Gasteiger partial charge in [0, 0.05) is 24.5 Å². The molecule has 35 heavy (non-hydrogen) atoms. The maximum Gasteiger partial charge on any atom is 0.161 e. The molecule has 4 unspecified atom stereocenters. The number of phenols is 1. The molecule has 6 heteroatoms. The standard InChI is InChI=1S/C29H40N2O4/c1-2-21-7-3-4-11-25(32)24(10-5-8-21)26(33)14-12-23-13-15-27(34)28(19-23)35-18-6-9-22-16-17-31-29(30)20-22/h13,15-17,19-21,24-26,32-34H,2-4,6-7,9-12,14,18H2,1H3,(H2,30,31). The highest BCUT2D eigenvalue weighted by molar-refractivity contribution is 5.42. The molecule has 1 aliphatic rings. The monoisotopic (exact) mass is 480 g/mol. The third-order valence-corrected chi connectivity index (χ3v) is 6.89. The number of phenolic OH excluding ortho intramolecular Hbond substituents is 1. The van der Waals surface area contributed by atoms with Gasteiger partial charge in [-0.3, -0.25) is 0 Å². The Morgan fingerprint density at radius 2 is 1.94 bits per heavy atom. The topological polar surface area (TPSA) is 109 Å². The fourth-order valence-electron chi connectivity index (χ4n) is 4.65. The highest BCUT2D eigenvalue weighted by atomic mass is 16.5. The molecule has 0 aliphatic heterocycles. The van der Waals surface area contributed by atoms with E-state index in [1.54, 1.807) is 12.3 Å². The van der Waals surface area contributed by atoms with Gasteiger partial charge in [0.1, 0.15) is 5.82 Å². The number of nitrogens with zero attached hydrogens (tertiary/aromatic N) is 1. The lowest BCUT2D eigenvalue weighted by Crippen LogP contribution is -2.32. The van der Waals surface area contributed by atoms with Crippen molar-refractivity contribution in [1.82, 2.24) is 4.98 Å². The molecule has 1 heterocycles. The molecule has 0 saturated heterocycles. The first-order valence-corrected chi connectivity index (χ1v) is 13.0. The van der Waals surface area contributed by atoms with Crippen LogP contribution in [0.2, 0.25) is 0 Å². The van der Waals surface area contributed by atoms with Crippen LogP contribution in [0.5, 0.6) is 11.5 Å². The van der Waals surface area contributed by atoms with Gasteiger partial charge in [0.05, 0.1) is 18.8 Å². The fourth-order valence-corrected chi connectivity index (χ4v) is 4.65. The number of rotatable bonds is 10. The molecule has 4 atom stereocenters. The largest absolute Gasteiger partial charge is 0.504 e. The van der Waals surface area contributed by atoms with Crippen molar-refractivity contribution in [2.75, 3.05) is 12.3 Å². The zero-order valence-corrected chi connectivity index (χ0v) is 20.8. The summed E-state index contributed by atoms with van der Waals surface area (Å²) in [6, 6.07) is 9.11. The first kappa shape index (κ1) is 26.8. The van der Waals surface area contributed by atoms with Crippen molar-refractivity contribution < 1.29 is 20.1 Å². The molecule has 190 valence electrons. The van der Waals surface area contributed by atoms with Gasteiger partial charge in [0.15, 0.2) is 11.5 Å². The first-order chi connectivity index (χ1) is 17.0. The third kappa shape index (κ3) is 8.76. The molecule has 6 nitrogen and oxygen atoms in total. The number of ether oxygens (including phenoxy) is 1. The maximum atomic E-state index is 10.9. The van der Waals surface area contributed by atoms with E-state index in [2.05, 4.69) is 23.7 Å². The summed E-state index contributed by atoms with van der Waals surface area (Å²) in [7, 11) is 0. The Kier molecular flexibility index (Phi) is 10.7. The molecular formula is C29H40N2O4. The number of nitrogen functional groups attached to an aromatic ring is 1. The van der Waals surface area contributed by atoms with E-state index < -0.39 is 12.2 Å². The Labute approximate surface area is 209 Å². The average Bonchev–Trinajstić information content (AvgIpc) is 2.85. The smallest absolute Gasteiger partial charge is 0.161 e. The van der Waals surface area contributed by atoms with Crippen LogP contribution in [0, 0.1) is 23.7 Å². The Morgan fingerprint density at radius 1 is 1.14 bits per heavy atom. The summed E-state index contributed by atoms with van der Waals surface area (Å²) in [6.07, 6.45) is 8.68. The molecule has 0 saturated carbocycles. The number of anilines is 1. The summed E-state index contributed by atoms with van der Waals surface area (Å²) in [5.41, 5.74) is 7.80. The number of aromatic hydroxyl groups is 1. The van der Waals surface area contributed by atoms with E-state index in [0.29, 0.717) is 49.8 Å². The number of hydrogen-bond donors (Lipinski definition) is 4. The van der Waals surface area contributed by atoms with E-state index in [1.165, 1.54) is 0 Å². The van der Waals surface area contributed by atoms with E-state index in [-0.39, 0.29) is 11.7 Å². The summed E-state index contributed by atoms with van der Waals surface area (Å²) >= 11 is 0. The second-order valence-electron chi connectivity index (χ2n) is 9.60. The molecule has 5 N–H and O–H groups in total. The van der Waals surface area contributed by atoms with Crippen molar-refractivity contribution in [2.24, 2.45) is 11.8 Å². The zero-order valence-electron chi connectivity index (χ0n) is 20.8. The fraction of sp³-hybridized carbons (Fsp3) is 0.552. The Morgan fingerprint density at radius 3 is 2.74 bits per heavy atom. The van der Waals surface area contributed by atoms with Crippen LogP contribution in [-0.2, 0) is 12.8 Å². The van der Waals surface area contributed by atoms with Crippen molar-refractivity contribution in [3.8, 4) is 23.3 Å². The molecular weight excluding hydrogens is 440 g/mol. The summed E-state index contributed by atoms with van der Waals surface area (Å²) in [6.45, 7) is 2.63. The van der Waals surface area contributed by atoms with Crippen LogP contribution in [0.1, 0.15) is 69.4 Å². The van der Waals surface area contributed by atoms with Gasteiger partial charge in [0.2, 0.25) is 0 Å². The second kappa shape index (κ2) is 14.0. The number of aliphatic hydroxyl groups excluding tert-OH is 2. The SMILES string of the molecule is CCC1C#CCC(C(O)CCc2ccc(O)c(OCCCc3ccnc(N)c3)c2)C(O)CCCC1. The maximum absolute atomic E-state index is 10.9. The predicted octanol–water partition coefficient (Wildman–Crippen LogP) is 4.65. The van der Waals surface area contributed by atoms with E-state index in [4.69, 9.17) is 10.5 Å². The van der Waals surface area contributed by atoms with Crippen LogP contribution in [0.25, 0.3) is 0 Å². The van der Waals surface area contributed by atoms with Gasteiger partial charge < -0.3 is 25.8 Å². The van der Waals surface area contributed by atoms with Crippen LogP contribution in [-0.4, -0.2) is 39.1 Å². The Bertz CT molecular complexity index is 984. The van der Waals surface area contributed by atoms with Crippen LogP contribution in [0.15, 0.2) is 36.5 Å². The molecule has 0 radical (unpaired) electrons. The summed E-state index contributed by atoms with van der Waals surface area (Å²) in [5.74, 6) is 7.82. The normalized spacial score (nSPS) is 21.5. The quantitative estimate of drug-likeness (QED) is 0.291. The molecule has 0 amide bonds. The lowest BCUT2D eigenvalue weighted by atomic mass is 9.85. The molecule has 1 aromatic heterocycles. The molecule has 3 rings (SSSR count). The number of nitrogens with two attached hydrogens (primary N) is 1. The van der Waals surface area contributed by atoms with Gasteiger partial charge in [-0.25, -0.2) is 4.98 Å². The van der Waals surface area contributed by atoms with Crippen molar-refractivity contribution in [2.45, 2.75) is 83.3 Å². The lowest BCUT2D eigenvalue weighted by Gasteiger charge is -2.27. The van der Waals surface area contributed by atoms with Gasteiger partial charge in [-0.2, -0.15) is 0 Å². The lowest BCUT2D eigenvalue weighted by molar-refractivity contribution is 0.00560. The highest BCUT2D eigenvalue weighted by Crippen LogP contribution is 2.29. The van der Waals surface area contributed by atoms with Crippen LogP contribution >= 0.6 is 0 Å². The summed E-state index contributed by atoms with van der Waals surface area (Å²) < 4.78 is 5.83. The van der Waals surface area contributed by atoms with Gasteiger partial charge >= 0.3 is 0 Å². The Hall–Kier alpha value is -2.75. The van der Waals surface area contributed by atoms with Crippen LogP contribution in [0.3, 0.4) is 0 Å². The van der Waals surface area contributed by atoms with Crippen LogP contribution < -0.4 is 10.5 Å². The Balaban J connectivity index is 1.52. The number of pyridine rings is 1. The predicted molar refractivity (Wildman–Crippen MR) is 139 cm³/mol. The number of benzene rings is 1. The van der Waals surface area contributed by atoms with E-state index in [1.807, 2.05) is 24.3 Å². The van der Waals surface area contributed by atoms with Crippen LogP contribution in [0.4, 0.5) is 5.82 Å². The highest BCUT2D eigenvalue weighted by Gasteiger charge is 2.26. The third-order valence-electron chi connectivity index (χ3n) is 6.89. The minimum absolute atomic E-state index is 0.103.